The number of nitrogens with two attached hydrogens (primary N) is 1. The van der Waals surface area contributed by atoms with Crippen molar-refractivity contribution in [2.75, 3.05) is 11.1 Å². The van der Waals surface area contributed by atoms with Crippen molar-refractivity contribution in [3.05, 3.63) is 18.3 Å². The van der Waals surface area contributed by atoms with E-state index in [4.69, 9.17) is 5.73 Å². The zero-order valence-corrected chi connectivity index (χ0v) is 11.5. The van der Waals surface area contributed by atoms with Crippen LogP contribution in [0.25, 0.3) is 0 Å². The van der Waals surface area contributed by atoms with E-state index >= 15 is 0 Å². The summed E-state index contributed by atoms with van der Waals surface area (Å²) in [5, 5.41) is 3.72. The second kappa shape index (κ2) is 3.62. The molecule has 2 fully saturated rings. The first-order chi connectivity index (χ1) is 8.42. The van der Waals surface area contributed by atoms with Gasteiger partial charge < -0.3 is 11.1 Å². The van der Waals surface area contributed by atoms with Crippen LogP contribution in [-0.4, -0.2) is 11.0 Å². The predicted molar refractivity (Wildman–Crippen MR) is 75.3 cm³/mol. The second-order valence-electron chi connectivity index (χ2n) is 6.96. The van der Waals surface area contributed by atoms with Crippen molar-refractivity contribution in [2.45, 2.75) is 46.1 Å². The first-order valence-corrected chi connectivity index (χ1v) is 6.90. The molecule has 3 rings (SSSR count). The largest absolute Gasteiger partial charge is 0.384 e. The third-order valence-electron chi connectivity index (χ3n) is 5.36. The summed E-state index contributed by atoms with van der Waals surface area (Å²) in [6, 6.07) is 4.48. The zero-order chi connectivity index (χ0) is 13.0. The Morgan fingerprint density at radius 2 is 2.17 bits per heavy atom. The van der Waals surface area contributed by atoms with Crippen molar-refractivity contribution in [1.82, 2.24) is 4.98 Å². The lowest BCUT2D eigenvalue weighted by Gasteiger charge is -2.43. The molecule has 2 aliphatic carbocycles. The molecule has 2 aliphatic rings. The summed E-state index contributed by atoms with van der Waals surface area (Å²) < 4.78 is 0. The molecule has 1 aromatic heterocycles. The van der Waals surface area contributed by atoms with Gasteiger partial charge in [0.25, 0.3) is 0 Å². The highest BCUT2D eigenvalue weighted by Crippen LogP contribution is 2.63. The molecule has 0 saturated heterocycles. The van der Waals surface area contributed by atoms with E-state index in [1.54, 1.807) is 6.20 Å². The standard InChI is InChI=1S/C15H23N3/c1-14(2)10-4-6-15(3,9-10)13(14)18-11-5-7-17-12(16)8-11/h5,7-8,10,13H,4,6,9H2,1-3H3,(H3,16,17,18). The molecule has 2 bridgehead atoms. The van der Waals surface area contributed by atoms with Crippen molar-refractivity contribution in [1.29, 1.82) is 0 Å². The number of nitrogens with zero attached hydrogens (tertiary/aromatic N) is 1. The van der Waals surface area contributed by atoms with Crippen molar-refractivity contribution in [3.8, 4) is 0 Å². The lowest BCUT2D eigenvalue weighted by molar-refractivity contribution is 0.155. The van der Waals surface area contributed by atoms with Crippen molar-refractivity contribution < 1.29 is 0 Å². The summed E-state index contributed by atoms with van der Waals surface area (Å²) in [6.07, 6.45) is 5.87. The minimum Gasteiger partial charge on any atom is -0.384 e. The molecule has 3 unspecified atom stereocenters. The lowest BCUT2D eigenvalue weighted by atomic mass is 9.68. The molecule has 0 amide bonds. The van der Waals surface area contributed by atoms with Crippen LogP contribution in [0.1, 0.15) is 40.0 Å². The molecule has 0 aliphatic heterocycles. The topological polar surface area (TPSA) is 50.9 Å². The molecule has 1 heterocycles. The maximum Gasteiger partial charge on any atom is 0.125 e. The summed E-state index contributed by atoms with van der Waals surface area (Å²) in [5.74, 6) is 1.45. The van der Waals surface area contributed by atoms with Crippen LogP contribution in [-0.2, 0) is 0 Å². The Morgan fingerprint density at radius 1 is 1.39 bits per heavy atom. The molecule has 1 aromatic rings. The number of nitrogen functional groups attached to an aromatic ring is 1. The number of rotatable bonds is 2. The average Bonchev–Trinajstić information content (AvgIpc) is 2.76. The van der Waals surface area contributed by atoms with Crippen LogP contribution >= 0.6 is 0 Å². The Kier molecular flexibility index (Phi) is 2.38. The van der Waals surface area contributed by atoms with Gasteiger partial charge in [-0.25, -0.2) is 4.98 Å². The number of pyridine rings is 1. The number of aromatic nitrogens is 1. The third-order valence-corrected chi connectivity index (χ3v) is 5.36. The highest BCUT2D eigenvalue weighted by Gasteiger charge is 2.59. The molecule has 3 N–H and O–H groups in total. The molecule has 18 heavy (non-hydrogen) atoms. The average molecular weight is 245 g/mol. The maximum absolute atomic E-state index is 5.76. The molecule has 2 saturated carbocycles. The fraction of sp³-hybridized carbons (Fsp3) is 0.667. The van der Waals surface area contributed by atoms with Crippen LogP contribution in [0.2, 0.25) is 0 Å². The van der Waals surface area contributed by atoms with Gasteiger partial charge in [0.1, 0.15) is 5.82 Å². The number of nitrogens with one attached hydrogen (secondary N) is 1. The summed E-state index contributed by atoms with van der Waals surface area (Å²) in [4.78, 5) is 4.05. The fourth-order valence-electron chi connectivity index (χ4n) is 4.37. The molecule has 0 spiro atoms. The van der Waals surface area contributed by atoms with E-state index in [2.05, 4.69) is 31.1 Å². The molecule has 3 nitrogen and oxygen atoms in total. The third kappa shape index (κ3) is 1.60. The molecule has 0 radical (unpaired) electrons. The van der Waals surface area contributed by atoms with Crippen molar-refractivity contribution in [3.63, 3.8) is 0 Å². The molecular weight excluding hydrogens is 222 g/mol. The summed E-state index contributed by atoms with van der Waals surface area (Å²) in [6.45, 7) is 7.25. The van der Waals surface area contributed by atoms with Gasteiger partial charge in [0.05, 0.1) is 0 Å². The summed E-state index contributed by atoms with van der Waals surface area (Å²) in [5.41, 5.74) is 7.67. The second-order valence-corrected chi connectivity index (χ2v) is 6.96. The van der Waals surface area contributed by atoms with E-state index in [9.17, 15) is 0 Å². The van der Waals surface area contributed by atoms with E-state index in [1.165, 1.54) is 19.3 Å². The lowest BCUT2D eigenvalue weighted by Crippen LogP contribution is -2.45. The van der Waals surface area contributed by atoms with Crippen LogP contribution < -0.4 is 11.1 Å². The summed E-state index contributed by atoms with van der Waals surface area (Å²) >= 11 is 0. The summed E-state index contributed by atoms with van der Waals surface area (Å²) in [7, 11) is 0. The van der Waals surface area contributed by atoms with Gasteiger partial charge in [-0.15, -0.1) is 0 Å². The Labute approximate surface area is 109 Å². The first-order valence-electron chi connectivity index (χ1n) is 6.90. The van der Waals surface area contributed by atoms with E-state index in [-0.39, 0.29) is 0 Å². The van der Waals surface area contributed by atoms with Gasteiger partial charge in [-0.1, -0.05) is 20.8 Å². The van der Waals surface area contributed by atoms with Gasteiger partial charge >= 0.3 is 0 Å². The minimum absolute atomic E-state index is 0.366. The van der Waals surface area contributed by atoms with Gasteiger partial charge in [-0.05, 0) is 42.1 Å². The monoisotopic (exact) mass is 245 g/mol. The molecule has 0 aromatic carbocycles. The van der Waals surface area contributed by atoms with Gasteiger partial charge in [0.2, 0.25) is 0 Å². The minimum atomic E-state index is 0.366. The number of anilines is 2. The predicted octanol–water partition coefficient (Wildman–Crippen LogP) is 3.29. The Bertz CT molecular complexity index is 464. The zero-order valence-electron chi connectivity index (χ0n) is 11.5. The van der Waals surface area contributed by atoms with Gasteiger partial charge in [-0.3, -0.25) is 0 Å². The quantitative estimate of drug-likeness (QED) is 0.840. The Balaban J connectivity index is 1.88. The van der Waals surface area contributed by atoms with Crippen molar-refractivity contribution >= 4 is 11.5 Å². The molecule has 98 valence electrons. The van der Waals surface area contributed by atoms with E-state index in [1.807, 2.05) is 12.1 Å². The van der Waals surface area contributed by atoms with Crippen LogP contribution in [0.4, 0.5) is 11.5 Å². The molecular formula is C15H23N3. The molecule has 3 atom stereocenters. The Hall–Kier alpha value is -1.25. The number of hydrogen-bond acceptors (Lipinski definition) is 3. The van der Waals surface area contributed by atoms with Crippen molar-refractivity contribution in [2.24, 2.45) is 16.7 Å². The normalized spacial score (nSPS) is 36.8. The van der Waals surface area contributed by atoms with Gasteiger partial charge in [-0.2, -0.15) is 0 Å². The van der Waals surface area contributed by atoms with Crippen LogP contribution in [0.5, 0.6) is 0 Å². The molecule has 3 heteroatoms. The number of hydrogen-bond donors (Lipinski definition) is 2. The Morgan fingerprint density at radius 3 is 2.78 bits per heavy atom. The van der Waals surface area contributed by atoms with Crippen LogP contribution in [0.15, 0.2) is 18.3 Å². The van der Waals surface area contributed by atoms with E-state index < -0.39 is 0 Å². The van der Waals surface area contributed by atoms with Crippen LogP contribution in [0.3, 0.4) is 0 Å². The van der Waals surface area contributed by atoms with Gasteiger partial charge in [0.15, 0.2) is 0 Å². The maximum atomic E-state index is 5.76. The van der Waals surface area contributed by atoms with E-state index in [0.29, 0.717) is 22.7 Å². The SMILES string of the molecule is CC12CCC(C1)C(C)(C)C2Nc1ccnc(N)c1. The fourth-order valence-corrected chi connectivity index (χ4v) is 4.37. The van der Waals surface area contributed by atoms with E-state index in [0.717, 1.165) is 11.6 Å². The smallest absolute Gasteiger partial charge is 0.125 e. The first kappa shape index (κ1) is 11.8. The van der Waals surface area contributed by atoms with Gasteiger partial charge in [0, 0.05) is 24.0 Å². The highest BCUT2D eigenvalue weighted by molar-refractivity contribution is 5.51. The number of fused-ring (bicyclic) bond motifs is 2. The highest BCUT2D eigenvalue weighted by atomic mass is 15.0. The van der Waals surface area contributed by atoms with Crippen LogP contribution in [0, 0.1) is 16.7 Å².